The second-order valence-corrected chi connectivity index (χ2v) is 5.98. The van der Waals surface area contributed by atoms with E-state index < -0.39 is 0 Å². The average molecular weight is 330 g/mol. The maximum Gasteiger partial charge on any atom is 0.235 e. The van der Waals surface area contributed by atoms with Crippen LogP contribution in [0.15, 0.2) is 73.2 Å². The van der Waals surface area contributed by atoms with Gasteiger partial charge in [0.1, 0.15) is 11.6 Å². The highest BCUT2D eigenvalue weighted by atomic mass is 16.3. The van der Waals surface area contributed by atoms with Crippen molar-refractivity contribution in [3.05, 3.63) is 78.8 Å². The number of phenolic OH excluding ortho intramolecular Hbond substituents is 1. The van der Waals surface area contributed by atoms with Crippen molar-refractivity contribution in [1.82, 2.24) is 14.4 Å². The van der Waals surface area contributed by atoms with E-state index in [1.807, 2.05) is 40.9 Å². The SMILES string of the molecule is C[C@H](Nc1cnc2ncc(-c3ccc(O)cc3)cn12)c1ccccc1. The van der Waals surface area contributed by atoms with Crippen molar-refractivity contribution in [2.45, 2.75) is 13.0 Å². The quantitative estimate of drug-likeness (QED) is 0.586. The number of phenols is 1. The van der Waals surface area contributed by atoms with Crippen molar-refractivity contribution < 1.29 is 5.11 Å². The van der Waals surface area contributed by atoms with E-state index in [0.29, 0.717) is 5.78 Å². The van der Waals surface area contributed by atoms with E-state index >= 15 is 0 Å². The number of hydrogen-bond donors (Lipinski definition) is 2. The molecule has 5 heteroatoms. The molecular weight excluding hydrogens is 312 g/mol. The fourth-order valence-electron chi connectivity index (χ4n) is 2.83. The van der Waals surface area contributed by atoms with Crippen LogP contribution in [0.2, 0.25) is 0 Å². The Kier molecular flexibility index (Phi) is 3.82. The van der Waals surface area contributed by atoms with Crippen molar-refractivity contribution in [3.8, 4) is 16.9 Å². The first-order chi connectivity index (χ1) is 12.2. The lowest BCUT2D eigenvalue weighted by Crippen LogP contribution is -2.08. The van der Waals surface area contributed by atoms with Crippen LogP contribution < -0.4 is 5.32 Å². The third-order valence-electron chi connectivity index (χ3n) is 4.23. The summed E-state index contributed by atoms with van der Waals surface area (Å²) in [4.78, 5) is 8.79. The fourth-order valence-corrected chi connectivity index (χ4v) is 2.83. The normalized spacial score (nSPS) is 12.2. The van der Waals surface area contributed by atoms with Crippen LogP contribution in [0.4, 0.5) is 5.82 Å². The van der Waals surface area contributed by atoms with Crippen molar-refractivity contribution in [2.75, 3.05) is 5.32 Å². The Bertz CT molecular complexity index is 993. The van der Waals surface area contributed by atoms with Gasteiger partial charge in [-0.25, -0.2) is 9.97 Å². The van der Waals surface area contributed by atoms with Gasteiger partial charge in [-0.2, -0.15) is 0 Å². The van der Waals surface area contributed by atoms with Crippen molar-refractivity contribution in [1.29, 1.82) is 0 Å². The van der Waals surface area contributed by atoms with E-state index in [-0.39, 0.29) is 11.8 Å². The minimum Gasteiger partial charge on any atom is -0.508 e. The van der Waals surface area contributed by atoms with Crippen LogP contribution >= 0.6 is 0 Å². The van der Waals surface area contributed by atoms with Gasteiger partial charge in [0, 0.05) is 24.0 Å². The molecule has 0 saturated carbocycles. The van der Waals surface area contributed by atoms with Gasteiger partial charge in [-0.05, 0) is 30.2 Å². The van der Waals surface area contributed by atoms with Crippen LogP contribution in [0.5, 0.6) is 5.75 Å². The van der Waals surface area contributed by atoms with E-state index in [0.717, 1.165) is 16.9 Å². The lowest BCUT2D eigenvalue weighted by Gasteiger charge is -2.15. The standard InChI is InChI=1S/C20H18N4O/c1-14(15-5-3-2-4-6-15)23-19-12-22-20-21-11-17(13-24(19)20)16-7-9-18(25)10-8-16/h2-14,23,25H,1H3/t14-/m0/s1. The number of imidazole rings is 1. The fraction of sp³-hybridized carbons (Fsp3) is 0.100. The number of aromatic nitrogens is 3. The molecule has 2 heterocycles. The molecule has 4 aromatic rings. The molecule has 0 aliphatic carbocycles. The summed E-state index contributed by atoms with van der Waals surface area (Å²) in [6.07, 6.45) is 5.59. The molecule has 0 fully saturated rings. The van der Waals surface area contributed by atoms with Gasteiger partial charge in [0.25, 0.3) is 0 Å². The van der Waals surface area contributed by atoms with Gasteiger partial charge in [0.2, 0.25) is 5.78 Å². The maximum absolute atomic E-state index is 9.45. The van der Waals surface area contributed by atoms with Crippen LogP contribution in [0.1, 0.15) is 18.5 Å². The van der Waals surface area contributed by atoms with Crippen LogP contribution in [0, 0.1) is 0 Å². The molecule has 0 spiro atoms. The van der Waals surface area contributed by atoms with Crippen molar-refractivity contribution in [2.24, 2.45) is 0 Å². The van der Waals surface area contributed by atoms with Gasteiger partial charge in [0.15, 0.2) is 0 Å². The number of hydrogen-bond acceptors (Lipinski definition) is 4. The van der Waals surface area contributed by atoms with Crippen LogP contribution in [0.3, 0.4) is 0 Å². The molecule has 1 atom stereocenters. The molecule has 2 aromatic carbocycles. The Labute approximate surface area is 145 Å². The minimum absolute atomic E-state index is 0.151. The Hall–Kier alpha value is -3.34. The molecule has 0 unspecified atom stereocenters. The molecule has 0 aliphatic rings. The Morgan fingerprint density at radius 1 is 0.920 bits per heavy atom. The number of nitrogens with zero attached hydrogens (tertiary/aromatic N) is 3. The highest BCUT2D eigenvalue weighted by Crippen LogP contribution is 2.24. The first-order valence-corrected chi connectivity index (χ1v) is 8.15. The van der Waals surface area contributed by atoms with E-state index in [1.165, 1.54) is 5.56 Å². The second kappa shape index (κ2) is 6.28. The number of anilines is 1. The Balaban J connectivity index is 1.68. The predicted molar refractivity (Wildman–Crippen MR) is 98.6 cm³/mol. The van der Waals surface area contributed by atoms with Gasteiger partial charge >= 0.3 is 0 Å². The lowest BCUT2D eigenvalue weighted by atomic mass is 10.1. The summed E-state index contributed by atoms with van der Waals surface area (Å²) in [5.74, 6) is 1.78. The monoisotopic (exact) mass is 330 g/mol. The molecule has 124 valence electrons. The molecule has 25 heavy (non-hydrogen) atoms. The first kappa shape index (κ1) is 15.2. The highest BCUT2D eigenvalue weighted by Gasteiger charge is 2.10. The molecule has 0 aliphatic heterocycles. The van der Waals surface area contributed by atoms with Gasteiger partial charge < -0.3 is 10.4 Å². The van der Waals surface area contributed by atoms with Gasteiger partial charge in [0.05, 0.1) is 6.20 Å². The summed E-state index contributed by atoms with van der Waals surface area (Å²) < 4.78 is 1.95. The van der Waals surface area contributed by atoms with Crippen LogP contribution in [-0.2, 0) is 0 Å². The number of benzene rings is 2. The van der Waals surface area contributed by atoms with Crippen molar-refractivity contribution in [3.63, 3.8) is 0 Å². The minimum atomic E-state index is 0.151. The number of fused-ring (bicyclic) bond motifs is 1. The van der Waals surface area contributed by atoms with Gasteiger partial charge in [-0.1, -0.05) is 42.5 Å². The highest BCUT2D eigenvalue weighted by molar-refractivity contribution is 5.64. The molecule has 0 bridgehead atoms. The lowest BCUT2D eigenvalue weighted by molar-refractivity contribution is 0.475. The van der Waals surface area contributed by atoms with Crippen LogP contribution in [0.25, 0.3) is 16.9 Å². The van der Waals surface area contributed by atoms with E-state index in [1.54, 1.807) is 24.5 Å². The third kappa shape index (κ3) is 3.04. The number of aromatic hydroxyl groups is 1. The smallest absolute Gasteiger partial charge is 0.235 e. The summed E-state index contributed by atoms with van der Waals surface area (Å²) in [7, 11) is 0. The molecule has 0 radical (unpaired) electrons. The van der Waals surface area contributed by atoms with Gasteiger partial charge in [-0.3, -0.25) is 4.40 Å². The van der Waals surface area contributed by atoms with E-state index in [9.17, 15) is 5.11 Å². The molecule has 0 saturated heterocycles. The van der Waals surface area contributed by atoms with E-state index in [2.05, 4.69) is 34.3 Å². The predicted octanol–water partition coefficient (Wildman–Crippen LogP) is 4.28. The molecule has 2 aromatic heterocycles. The summed E-state index contributed by atoms with van der Waals surface area (Å²) in [5.41, 5.74) is 3.16. The molecule has 0 amide bonds. The number of nitrogens with one attached hydrogen (secondary N) is 1. The molecule has 5 nitrogen and oxygen atoms in total. The zero-order valence-corrected chi connectivity index (χ0v) is 13.8. The summed E-state index contributed by atoms with van der Waals surface area (Å²) in [5, 5.41) is 12.9. The third-order valence-corrected chi connectivity index (χ3v) is 4.23. The molecule has 4 rings (SSSR count). The summed E-state index contributed by atoms with van der Waals surface area (Å²) in [6.45, 7) is 2.12. The number of rotatable bonds is 4. The first-order valence-electron chi connectivity index (χ1n) is 8.15. The topological polar surface area (TPSA) is 62.5 Å². The Morgan fingerprint density at radius 3 is 2.40 bits per heavy atom. The van der Waals surface area contributed by atoms with Crippen molar-refractivity contribution >= 4 is 11.6 Å². The Morgan fingerprint density at radius 2 is 1.64 bits per heavy atom. The molecular formula is C20H18N4O. The summed E-state index contributed by atoms with van der Waals surface area (Å²) in [6, 6.07) is 17.5. The zero-order valence-electron chi connectivity index (χ0n) is 13.8. The largest absolute Gasteiger partial charge is 0.508 e. The maximum atomic E-state index is 9.45. The van der Waals surface area contributed by atoms with Crippen LogP contribution in [-0.4, -0.2) is 19.5 Å². The molecule has 2 N–H and O–H groups in total. The summed E-state index contributed by atoms with van der Waals surface area (Å²) >= 11 is 0. The zero-order chi connectivity index (χ0) is 17.2. The van der Waals surface area contributed by atoms with Gasteiger partial charge in [-0.15, -0.1) is 0 Å². The average Bonchev–Trinajstić information content (AvgIpc) is 3.05. The van der Waals surface area contributed by atoms with E-state index in [4.69, 9.17) is 0 Å². The second-order valence-electron chi connectivity index (χ2n) is 5.98.